The van der Waals surface area contributed by atoms with Gasteiger partial charge in [-0.15, -0.1) is 0 Å². The third-order valence-corrected chi connectivity index (χ3v) is 4.68. The third-order valence-electron chi connectivity index (χ3n) is 3.90. The normalized spacial score (nSPS) is 10.7. The van der Waals surface area contributed by atoms with E-state index in [-0.39, 0.29) is 12.5 Å². The van der Waals surface area contributed by atoms with Crippen LogP contribution in [0.25, 0.3) is 0 Å². The lowest BCUT2D eigenvalue weighted by Gasteiger charge is -2.07. The highest BCUT2D eigenvalue weighted by Crippen LogP contribution is 2.15. The predicted molar refractivity (Wildman–Crippen MR) is 121 cm³/mol. The molecule has 0 fully saturated rings. The van der Waals surface area contributed by atoms with Crippen molar-refractivity contribution in [2.24, 2.45) is 5.10 Å². The first-order chi connectivity index (χ1) is 14.1. The maximum absolute atomic E-state index is 11.8. The van der Waals surface area contributed by atoms with Gasteiger partial charge in [0.2, 0.25) is 0 Å². The fourth-order valence-electron chi connectivity index (χ4n) is 2.37. The molecule has 0 aliphatic carbocycles. The van der Waals surface area contributed by atoms with E-state index < -0.39 is 0 Å². The van der Waals surface area contributed by atoms with Gasteiger partial charge in [-0.1, -0.05) is 39.7 Å². The Morgan fingerprint density at radius 1 is 1.00 bits per heavy atom. The van der Waals surface area contributed by atoms with Crippen LogP contribution < -0.4 is 15.5 Å². The molecule has 7 heteroatoms. The standard InChI is InChI=1S/C22H19BrClN3O2/c23-18-5-9-20(10-6-18)25-14-22(28)27-26-13-16-3-11-21(12-4-16)29-15-17-1-7-19(24)8-2-17/h1-13,25H,14-15H2,(H,27,28)/b26-13-. The minimum Gasteiger partial charge on any atom is -0.489 e. The molecule has 3 rings (SSSR count). The van der Waals surface area contributed by atoms with E-state index in [1.54, 1.807) is 6.21 Å². The molecule has 0 heterocycles. The van der Waals surface area contributed by atoms with Crippen molar-refractivity contribution in [3.63, 3.8) is 0 Å². The van der Waals surface area contributed by atoms with E-state index >= 15 is 0 Å². The lowest BCUT2D eigenvalue weighted by molar-refractivity contribution is -0.119. The zero-order valence-corrected chi connectivity index (χ0v) is 17.8. The molecule has 0 atom stereocenters. The summed E-state index contributed by atoms with van der Waals surface area (Å²) < 4.78 is 6.73. The Balaban J connectivity index is 1.41. The van der Waals surface area contributed by atoms with Crippen molar-refractivity contribution in [2.75, 3.05) is 11.9 Å². The first-order valence-corrected chi connectivity index (χ1v) is 10.0. The lowest BCUT2D eigenvalue weighted by atomic mass is 10.2. The Morgan fingerprint density at radius 2 is 1.69 bits per heavy atom. The topological polar surface area (TPSA) is 62.7 Å². The summed E-state index contributed by atoms with van der Waals surface area (Å²) in [4.78, 5) is 11.8. The van der Waals surface area contributed by atoms with Crippen LogP contribution in [-0.2, 0) is 11.4 Å². The highest BCUT2D eigenvalue weighted by molar-refractivity contribution is 9.10. The maximum atomic E-state index is 11.8. The second-order valence-corrected chi connectivity index (χ2v) is 7.49. The largest absolute Gasteiger partial charge is 0.489 e. The van der Waals surface area contributed by atoms with Crippen LogP contribution in [0.15, 0.2) is 82.4 Å². The number of carbonyl (C=O) groups excluding carboxylic acids is 1. The van der Waals surface area contributed by atoms with E-state index in [0.717, 1.165) is 27.0 Å². The number of carbonyl (C=O) groups is 1. The Morgan fingerprint density at radius 3 is 2.38 bits per heavy atom. The van der Waals surface area contributed by atoms with Crippen molar-refractivity contribution in [3.8, 4) is 5.75 Å². The summed E-state index contributed by atoms with van der Waals surface area (Å²) in [6, 6.07) is 22.6. The number of hydrogen-bond donors (Lipinski definition) is 2. The average Bonchev–Trinajstić information content (AvgIpc) is 2.74. The van der Waals surface area contributed by atoms with Gasteiger partial charge >= 0.3 is 0 Å². The smallest absolute Gasteiger partial charge is 0.259 e. The van der Waals surface area contributed by atoms with Crippen LogP contribution in [0.4, 0.5) is 5.69 Å². The van der Waals surface area contributed by atoms with Gasteiger partial charge in [0.25, 0.3) is 5.91 Å². The number of hydrazone groups is 1. The lowest BCUT2D eigenvalue weighted by Crippen LogP contribution is -2.25. The minimum atomic E-state index is -0.230. The molecular formula is C22H19BrClN3O2. The van der Waals surface area contributed by atoms with Gasteiger partial charge in [0.05, 0.1) is 12.8 Å². The maximum Gasteiger partial charge on any atom is 0.259 e. The summed E-state index contributed by atoms with van der Waals surface area (Å²) in [5.74, 6) is 0.520. The highest BCUT2D eigenvalue weighted by Gasteiger charge is 2.00. The van der Waals surface area contributed by atoms with E-state index in [1.165, 1.54) is 0 Å². The van der Waals surface area contributed by atoms with Gasteiger partial charge in [-0.25, -0.2) is 5.43 Å². The van der Waals surface area contributed by atoms with Crippen molar-refractivity contribution < 1.29 is 9.53 Å². The Bertz CT molecular complexity index is 959. The average molecular weight is 473 g/mol. The van der Waals surface area contributed by atoms with Crippen molar-refractivity contribution >= 4 is 45.3 Å². The Hall–Kier alpha value is -2.83. The zero-order chi connectivity index (χ0) is 20.5. The number of rotatable bonds is 8. The molecule has 0 bridgehead atoms. The van der Waals surface area contributed by atoms with E-state index in [4.69, 9.17) is 16.3 Å². The van der Waals surface area contributed by atoms with Crippen LogP contribution in [0.3, 0.4) is 0 Å². The van der Waals surface area contributed by atoms with Crippen LogP contribution in [0, 0.1) is 0 Å². The van der Waals surface area contributed by atoms with Crippen molar-refractivity contribution in [2.45, 2.75) is 6.61 Å². The highest BCUT2D eigenvalue weighted by atomic mass is 79.9. The SMILES string of the molecule is O=C(CNc1ccc(Br)cc1)N/N=C\c1ccc(OCc2ccc(Cl)cc2)cc1. The van der Waals surface area contributed by atoms with Crippen molar-refractivity contribution in [3.05, 3.63) is 93.4 Å². The van der Waals surface area contributed by atoms with Crippen LogP contribution in [0.1, 0.15) is 11.1 Å². The number of nitrogens with one attached hydrogen (secondary N) is 2. The molecule has 2 N–H and O–H groups in total. The molecule has 3 aromatic carbocycles. The van der Waals surface area contributed by atoms with Gasteiger partial charge in [-0.05, 0) is 71.8 Å². The van der Waals surface area contributed by atoms with Crippen LogP contribution >= 0.6 is 27.5 Å². The van der Waals surface area contributed by atoms with Gasteiger partial charge in [-0.3, -0.25) is 4.79 Å². The quantitative estimate of drug-likeness (QED) is 0.348. The zero-order valence-electron chi connectivity index (χ0n) is 15.4. The van der Waals surface area contributed by atoms with Crippen LogP contribution in [0.2, 0.25) is 5.02 Å². The molecule has 0 saturated heterocycles. The van der Waals surface area contributed by atoms with Gasteiger partial charge in [-0.2, -0.15) is 5.10 Å². The molecule has 0 aliphatic heterocycles. The molecule has 5 nitrogen and oxygen atoms in total. The monoisotopic (exact) mass is 471 g/mol. The van der Waals surface area contributed by atoms with Crippen LogP contribution in [0.5, 0.6) is 5.75 Å². The van der Waals surface area contributed by atoms with E-state index in [9.17, 15) is 4.79 Å². The summed E-state index contributed by atoms with van der Waals surface area (Å²) in [5.41, 5.74) is 5.25. The van der Waals surface area contributed by atoms with E-state index in [2.05, 4.69) is 31.8 Å². The number of anilines is 1. The number of ether oxygens (including phenoxy) is 1. The predicted octanol–water partition coefficient (Wildman–Crippen LogP) is 5.24. The van der Waals surface area contributed by atoms with Gasteiger partial charge in [0.1, 0.15) is 12.4 Å². The molecule has 148 valence electrons. The number of hydrogen-bond acceptors (Lipinski definition) is 4. The van der Waals surface area contributed by atoms with Crippen molar-refractivity contribution in [1.82, 2.24) is 5.43 Å². The second-order valence-electron chi connectivity index (χ2n) is 6.14. The summed E-state index contributed by atoms with van der Waals surface area (Å²) in [6.07, 6.45) is 1.58. The Labute approximate surface area is 182 Å². The molecule has 0 spiro atoms. The van der Waals surface area contributed by atoms with E-state index in [0.29, 0.717) is 11.6 Å². The number of halogens is 2. The molecule has 0 saturated carbocycles. The minimum absolute atomic E-state index is 0.135. The Kier molecular flexibility index (Phi) is 7.67. The summed E-state index contributed by atoms with van der Waals surface area (Å²) in [7, 11) is 0. The number of benzene rings is 3. The molecular weight excluding hydrogens is 454 g/mol. The molecule has 3 aromatic rings. The first kappa shape index (κ1) is 20.9. The summed E-state index contributed by atoms with van der Waals surface area (Å²) in [5, 5.41) is 7.70. The molecule has 1 amide bonds. The van der Waals surface area contributed by atoms with Gasteiger partial charge in [0, 0.05) is 15.2 Å². The van der Waals surface area contributed by atoms with E-state index in [1.807, 2.05) is 72.8 Å². The fraction of sp³-hybridized carbons (Fsp3) is 0.0909. The second kappa shape index (κ2) is 10.6. The molecule has 0 radical (unpaired) electrons. The molecule has 29 heavy (non-hydrogen) atoms. The number of amides is 1. The molecule has 0 unspecified atom stereocenters. The fourth-order valence-corrected chi connectivity index (χ4v) is 2.76. The van der Waals surface area contributed by atoms with Crippen molar-refractivity contribution in [1.29, 1.82) is 0 Å². The summed E-state index contributed by atoms with van der Waals surface area (Å²) >= 11 is 9.24. The molecule has 0 aliphatic rings. The van der Waals surface area contributed by atoms with Gasteiger partial charge < -0.3 is 10.1 Å². The summed E-state index contributed by atoms with van der Waals surface area (Å²) in [6.45, 7) is 0.600. The van der Waals surface area contributed by atoms with Gasteiger partial charge in [0.15, 0.2) is 0 Å². The van der Waals surface area contributed by atoms with Crippen LogP contribution in [-0.4, -0.2) is 18.7 Å². The number of nitrogens with zero attached hydrogens (tertiary/aromatic N) is 1. The third kappa shape index (κ3) is 7.25. The molecule has 0 aromatic heterocycles. The first-order valence-electron chi connectivity index (χ1n) is 8.87.